The van der Waals surface area contributed by atoms with Crippen LogP contribution < -0.4 is 33.6 Å². The monoisotopic (exact) mass is 1490 g/mol. The number of aromatic carboxylic acids is 1. The van der Waals surface area contributed by atoms with Crippen LogP contribution in [0.4, 0.5) is 26.7 Å². The zero-order valence-corrected chi connectivity index (χ0v) is 60.7. The molecule has 26 heteroatoms. The van der Waals surface area contributed by atoms with E-state index in [4.69, 9.17) is 59.0 Å². The SMILES string of the molecule is C=CCOC(=O)N1c2cc(OCc3c(C(=O)N4C[C@@H](CCl)c5c4cc(O)c4ccccc54)sc4ccccc34)c(OC)cc2C(=O)N2CCCC[C@H]2C1OC1CCCCO1.C=CCOC(=O)N1c2cc(OCc3c(C(=O)O)sc4ccccc34)c(OC)cc2C(=O)N2CCCC[C@H]2C1OC1CCCCO1. The Labute approximate surface area is 619 Å². The number of hydrogen-bond donors (Lipinski definition) is 2. The van der Waals surface area contributed by atoms with Crippen molar-refractivity contribution >= 4 is 118 Å². The third-order valence-electron chi connectivity index (χ3n) is 20.3. The predicted molar refractivity (Wildman–Crippen MR) is 398 cm³/mol. The van der Waals surface area contributed by atoms with Gasteiger partial charge in [0.05, 0.1) is 54.5 Å². The minimum atomic E-state index is -1.05. The molecule has 0 aliphatic carbocycles. The number of thiophene rings is 2. The molecule has 105 heavy (non-hydrogen) atoms. The first kappa shape index (κ1) is 72.5. The Morgan fingerprint density at radius 3 is 1.51 bits per heavy atom. The lowest BCUT2D eigenvalue weighted by molar-refractivity contribution is -0.199. The van der Waals surface area contributed by atoms with Gasteiger partial charge in [-0.05, 0) is 123 Å². The number of ether oxygens (including phenoxy) is 10. The molecule has 4 fully saturated rings. The van der Waals surface area contributed by atoms with Gasteiger partial charge in [0.25, 0.3) is 17.7 Å². The molecule has 4 unspecified atom stereocenters. The van der Waals surface area contributed by atoms with Crippen molar-refractivity contribution in [2.45, 2.75) is 133 Å². The van der Waals surface area contributed by atoms with E-state index in [0.717, 1.165) is 82.5 Å². The molecule has 0 radical (unpaired) electrons. The van der Waals surface area contributed by atoms with Crippen molar-refractivity contribution in [3.63, 3.8) is 0 Å². The highest BCUT2D eigenvalue weighted by molar-refractivity contribution is 7.21. The van der Waals surface area contributed by atoms with Gasteiger partial charge in [-0.3, -0.25) is 14.4 Å². The number of nitrogens with zero attached hydrogens (tertiary/aromatic N) is 5. The van der Waals surface area contributed by atoms with E-state index < -0.39 is 55.3 Å². The average Bonchev–Trinajstić information content (AvgIpc) is 1.62. The van der Waals surface area contributed by atoms with Gasteiger partial charge in [0.15, 0.2) is 48.0 Å². The van der Waals surface area contributed by atoms with Crippen molar-refractivity contribution in [3.05, 3.63) is 166 Å². The summed E-state index contributed by atoms with van der Waals surface area (Å²) < 4.78 is 62.6. The van der Waals surface area contributed by atoms with Gasteiger partial charge in [-0.1, -0.05) is 86.0 Å². The summed E-state index contributed by atoms with van der Waals surface area (Å²) in [4.78, 5) is 92.4. The number of amides is 5. The molecule has 0 bridgehead atoms. The van der Waals surface area contributed by atoms with E-state index in [-0.39, 0.29) is 106 Å². The molecule has 2 N–H and O–H groups in total. The summed E-state index contributed by atoms with van der Waals surface area (Å²) in [6, 6.07) is 29.9. The lowest BCUT2D eigenvalue weighted by Gasteiger charge is -2.42. The summed E-state index contributed by atoms with van der Waals surface area (Å²) in [6.07, 6.45) is 8.23. The van der Waals surface area contributed by atoms with Gasteiger partial charge in [0.1, 0.15) is 41.9 Å². The van der Waals surface area contributed by atoms with Gasteiger partial charge in [-0.15, -0.1) is 34.3 Å². The third kappa shape index (κ3) is 14.3. The van der Waals surface area contributed by atoms with Crippen molar-refractivity contribution in [2.75, 3.05) is 80.9 Å². The summed E-state index contributed by atoms with van der Waals surface area (Å²) in [6.45, 7) is 9.61. The second-order valence-corrected chi connectivity index (χ2v) is 29.0. The number of carboxylic acid groups (broad SMARTS) is 1. The number of carbonyl (C=O) groups excluding carboxylic acids is 5. The zero-order chi connectivity index (χ0) is 73.0. The van der Waals surface area contributed by atoms with E-state index in [1.807, 2.05) is 72.8 Å². The second kappa shape index (κ2) is 32.1. The molecule has 5 amide bonds. The number of halogens is 1. The fourth-order valence-corrected chi connectivity index (χ4v) is 17.8. The summed E-state index contributed by atoms with van der Waals surface area (Å²) in [7, 11) is 2.96. The summed E-state index contributed by atoms with van der Waals surface area (Å²) in [5.74, 6) is -0.546. The lowest BCUT2D eigenvalue weighted by Crippen LogP contribution is -2.57. The largest absolute Gasteiger partial charge is 0.507 e. The van der Waals surface area contributed by atoms with Gasteiger partial charge in [0, 0.05) is 88.8 Å². The molecule has 8 aromatic rings. The number of piperidine rings is 2. The van der Waals surface area contributed by atoms with Gasteiger partial charge in [-0.2, -0.15) is 0 Å². The van der Waals surface area contributed by atoms with E-state index in [1.54, 1.807) is 45.0 Å². The van der Waals surface area contributed by atoms with E-state index >= 15 is 0 Å². The van der Waals surface area contributed by atoms with Crippen LogP contribution in [0, 0.1) is 0 Å². The molecule has 23 nitrogen and oxygen atoms in total. The molecule has 7 aliphatic heterocycles. The van der Waals surface area contributed by atoms with Gasteiger partial charge >= 0.3 is 18.2 Å². The number of rotatable bonds is 19. The highest BCUT2D eigenvalue weighted by Crippen LogP contribution is 2.49. The average molecular weight is 1490 g/mol. The Morgan fingerprint density at radius 1 is 0.581 bits per heavy atom. The Hall–Kier alpha value is -9.47. The molecule has 15 rings (SSSR count). The van der Waals surface area contributed by atoms with Crippen LogP contribution >= 0.6 is 34.3 Å². The summed E-state index contributed by atoms with van der Waals surface area (Å²) >= 11 is 9.09. The van der Waals surface area contributed by atoms with Crippen LogP contribution in [0.3, 0.4) is 0 Å². The maximum atomic E-state index is 14.8. The zero-order valence-electron chi connectivity index (χ0n) is 58.3. The number of aromatic hydroxyl groups is 1. The van der Waals surface area contributed by atoms with Crippen molar-refractivity contribution in [1.29, 1.82) is 0 Å². The van der Waals surface area contributed by atoms with Crippen LogP contribution in [-0.2, 0) is 41.6 Å². The van der Waals surface area contributed by atoms with Crippen LogP contribution in [-0.4, -0.2) is 159 Å². The normalized spacial score (nSPS) is 21.4. The van der Waals surface area contributed by atoms with Crippen molar-refractivity contribution in [3.8, 4) is 28.7 Å². The van der Waals surface area contributed by atoms with Crippen LogP contribution in [0.5, 0.6) is 28.7 Å². The highest BCUT2D eigenvalue weighted by Gasteiger charge is 2.49. The number of benzene rings is 6. The highest BCUT2D eigenvalue weighted by atomic mass is 35.5. The summed E-state index contributed by atoms with van der Waals surface area (Å²) in [5.41, 5.74) is 3.71. The molecule has 7 aliphatic rings. The van der Waals surface area contributed by atoms with Crippen molar-refractivity contribution < 1.29 is 86.3 Å². The molecule has 550 valence electrons. The number of carboxylic acids is 1. The maximum absolute atomic E-state index is 14.8. The molecule has 6 aromatic carbocycles. The molecule has 7 atom stereocenters. The van der Waals surface area contributed by atoms with Crippen molar-refractivity contribution in [1.82, 2.24) is 9.80 Å². The molecule has 4 saturated heterocycles. The number of fused-ring (bicyclic) bond motifs is 9. The number of hydrogen-bond acceptors (Lipinski definition) is 19. The number of anilines is 3. The van der Waals surface area contributed by atoms with E-state index in [0.29, 0.717) is 91.5 Å². The molecular weight excluding hydrogens is 1410 g/mol. The topological polar surface area (TPSA) is 251 Å². The fraction of sp³-hybridized carbons (Fsp3) is 0.392. The standard InChI is InChI=1S/C46H46ClN3O9S.C33H36N2O9S/c1-3-19-57-46(54)50-34-23-38(37(55-2)21-31(34)43(52)48-18-10-8-15-33(48)45(50)59-40-17-9-11-20-56-40)58-26-32-29-13-6-7-16-39(29)60-42(32)44(53)49-25-27(24-47)41-30-14-5-4-12-28(30)36(51)22-35(41)49;1-3-15-42-33(39)35-24-18-26(43-19-22-20-10-4-5-12-27(20)45-29(22)32(37)38)25(40-2)17-21(24)30(36)34-14-8-6-11-23(34)31(35)44-28-13-7-9-16-41-28/h3-7,12-14,16,21-23,27,33,40,45,51H,1,8-11,15,17-20,24-26H2,2H3;3-5,10,12,17-18,23,28,31H,1,6-9,11,13-16,19H2,2H3,(H,37,38)/t27-,33+,40?,45?;23-,28?,31?/m10/s1. The second-order valence-electron chi connectivity index (χ2n) is 26.6. The van der Waals surface area contributed by atoms with E-state index in [2.05, 4.69) is 13.2 Å². The quantitative estimate of drug-likeness (QED) is 0.0564. The molecular formula is C79H82ClN5O18S2. The predicted octanol–water partition coefficient (Wildman–Crippen LogP) is 15.5. The molecule has 9 heterocycles. The van der Waals surface area contributed by atoms with E-state index in [9.17, 15) is 39.0 Å². The number of phenols is 1. The first-order valence-electron chi connectivity index (χ1n) is 35.6. The smallest absolute Gasteiger partial charge is 0.416 e. The van der Waals surface area contributed by atoms with Crippen LogP contribution in [0.2, 0.25) is 0 Å². The van der Waals surface area contributed by atoms with Gasteiger partial charge < -0.3 is 72.3 Å². The van der Waals surface area contributed by atoms with Gasteiger partial charge in [-0.25, -0.2) is 24.2 Å². The van der Waals surface area contributed by atoms with Crippen molar-refractivity contribution in [2.24, 2.45) is 0 Å². The van der Waals surface area contributed by atoms with E-state index in [1.165, 1.54) is 58.8 Å². The van der Waals surface area contributed by atoms with Crippen LogP contribution in [0.1, 0.15) is 140 Å². The van der Waals surface area contributed by atoms with Crippen LogP contribution in [0.25, 0.3) is 30.9 Å². The minimum absolute atomic E-state index is 0.0393. The number of phenolic OH excluding ortho intramolecular Hbond substituents is 1. The number of carbonyl (C=O) groups is 6. The Bertz CT molecular complexity index is 4650. The lowest BCUT2D eigenvalue weighted by atomic mass is 9.95. The Balaban J connectivity index is 0.000000184. The number of methoxy groups -OCH3 is 2. The third-order valence-corrected chi connectivity index (χ3v) is 23.1. The maximum Gasteiger partial charge on any atom is 0.416 e. The van der Waals surface area contributed by atoms with Crippen LogP contribution in [0.15, 0.2) is 128 Å². The first-order chi connectivity index (χ1) is 51.2. The Morgan fingerprint density at radius 2 is 1.05 bits per heavy atom. The number of alkyl halides is 1. The molecule has 0 saturated carbocycles. The summed E-state index contributed by atoms with van der Waals surface area (Å²) in [5, 5.41) is 24.2. The van der Waals surface area contributed by atoms with Gasteiger partial charge in [0.2, 0.25) is 0 Å². The fourth-order valence-electron chi connectivity index (χ4n) is 15.4. The molecule has 2 aromatic heterocycles. The minimum Gasteiger partial charge on any atom is -0.507 e. The first-order valence-corrected chi connectivity index (χ1v) is 37.7. The Kier molecular flexibility index (Phi) is 22.1. The molecule has 0 spiro atoms.